The smallest absolute Gasteiger partial charge is 0.338 e. The standard InChI is InChI=1S/C16H20O2/c1-2-13-8-6-7-11-15(13)12-18-16(17)14-9-4-3-5-10-14/h2-5,9-10,13,15H,1,6-8,11-12H2/t13-,15+/m1/s1. The lowest BCUT2D eigenvalue weighted by Crippen LogP contribution is -2.24. The first-order valence-corrected chi connectivity index (χ1v) is 6.66. The number of carbonyl (C=O) groups is 1. The maximum Gasteiger partial charge on any atom is 0.338 e. The summed E-state index contributed by atoms with van der Waals surface area (Å²) in [4.78, 5) is 11.8. The predicted molar refractivity (Wildman–Crippen MR) is 72.4 cm³/mol. The molecular weight excluding hydrogens is 224 g/mol. The zero-order chi connectivity index (χ0) is 12.8. The van der Waals surface area contributed by atoms with Gasteiger partial charge in [-0.15, -0.1) is 6.58 Å². The maximum atomic E-state index is 11.8. The summed E-state index contributed by atoms with van der Waals surface area (Å²) >= 11 is 0. The topological polar surface area (TPSA) is 26.3 Å². The van der Waals surface area contributed by atoms with Crippen LogP contribution in [-0.2, 0) is 4.74 Å². The van der Waals surface area contributed by atoms with Crippen molar-refractivity contribution in [2.45, 2.75) is 25.7 Å². The van der Waals surface area contributed by atoms with Crippen molar-refractivity contribution in [3.63, 3.8) is 0 Å². The molecule has 1 aromatic carbocycles. The molecule has 0 spiro atoms. The second-order valence-electron chi connectivity index (χ2n) is 4.91. The summed E-state index contributed by atoms with van der Waals surface area (Å²) in [6.45, 7) is 4.40. The van der Waals surface area contributed by atoms with Gasteiger partial charge >= 0.3 is 5.97 Å². The molecule has 96 valence electrons. The van der Waals surface area contributed by atoms with Crippen molar-refractivity contribution in [1.29, 1.82) is 0 Å². The number of ether oxygens (including phenoxy) is 1. The van der Waals surface area contributed by atoms with Gasteiger partial charge in [-0.3, -0.25) is 0 Å². The summed E-state index contributed by atoms with van der Waals surface area (Å²) in [5.41, 5.74) is 0.628. The first kappa shape index (κ1) is 12.9. The minimum Gasteiger partial charge on any atom is -0.462 e. The molecule has 1 aliphatic rings. The minimum absolute atomic E-state index is 0.219. The predicted octanol–water partition coefficient (Wildman–Crippen LogP) is 3.84. The highest BCUT2D eigenvalue weighted by Gasteiger charge is 2.24. The average Bonchev–Trinajstić information content (AvgIpc) is 2.46. The zero-order valence-corrected chi connectivity index (χ0v) is 10.7. The molecular formula is C16H20O2. The van der Waals surface area contributed by atoms with E-state index in [2.05, 4.69) is 6.58 Å². The first-order chi connectivity index (χ1) is 8.81. The van der Waals surface area contributed by atoms with Crippen molar-refractivity contribution in [2.24, 2.45) is 11.8 Å². The Morgan fingerprint density at radius 3 is 2.72 bits per heavy atom. The monoisotopic (exact) mass is 244 g/mol. The Morgan fingerprint density at radius 2 is 2.00 bits per heavy atom. The summed E-state index contributed by atoms with van der Waals surface area (Å²) in [5.74, 6) is 0.732. The average molecular weight is 244 g/mol. The Labute approximate surface area is 109 Å². The number of benzene rings is 1. The number of hydrogen-bond donors (Lipinski definition) is 0. The Bertz CT molecular complexity index is 397. The molecule has 2 heteroatoms. The molecule has 0 aromatic heterocycles. The van der Waals surface area contributed by atoms with Crippen LogP contribution in [0.15, 0.2) is 43.0 Å². The third-order valence-electron chi connectivity index (χ3n) is 3.71. The van der Waals surface area contributed by atoms with Gasteiger partial charge in [-0.25, -0.2) is 4.79 Å². The lowest BCUT2D eigenvalue weighted by molar-refractivity contribution is 0.0373. The summed E-state index contributed by atoms with van der Waals surface area (Å²) in [7, 11) is 0. The fourth-order valence-electron chi connectivity index (χ4n) is 2.59. The molecule has 2 atom stereocenters. The molecule has 1 saturated carbocycles. The van der Waals surface area contributed by atoms with Gasteiger partial charge < -0.3 is 4.74 Å². The molecule has 18 heavy (non-hydrogen) atoms. The lowest BCUT2D eigenvalue weighted by Gasteiger charge is -2.28. The highest BCUT2D eigenvalue weighted by molar-refractivity contribution is 5.89. The van der Waals surface area contributed by atoms with Crippen LogP contribution in [0.25, 0.3) is 0 Å². The Morgan fingerprint density at radius 1 is 1.28 bits per heavy atom. The second kappa shape index (κ2) is 6.39. The van der Waals surface area contributed by atoms with E-state index in [9.17, 15) is 4.79 Å². The van der Waals surface area contributed by atoms with Crippen molar-refractivity contribution < 1.29 is 9.53 Å². The summed E-state index contributed by atoms with van der Waals surface area (Å²) in [6.07, 6.45) is 6.83. The van der Waals surface area contributed by atoms with Gasteiger partial charge in [0.2, 0.25) is 0 Å². The molecule has 1 fully saturated rings. The van der Waals surface area contributed by atoms with Crippen molar-refractivity contribution in [2.75, 3.05) is 6.61 Å². The van der Waals surface area contributed by atoms with E-state index in [0.717, 1.165) is 6.42 Å². The third-order valence-corrected chi connectivity index (χ3v) is 3.71. The molecule has 0 N–H and O–H groups in total. The third kappa shape index (κ3) is 3.22. The molecule has 2 rings (SSSR count). The fraction of sp³-hybridized carbons (Fsp3) is 0.438. The SMILES string of the molecule is C=C[C@@H]1CCCC[C@H]1COC(=O)c1ccccc1. The minimum atomic E-state index is -0.219. The van der Waals surface area contributed by atoms with E-state index in [1.165, 1.54) is 19.3 Å². The molecule has 0 radical (unpaired) electrons. The van der Waals surface area contributed by atoms with Gasteiger partial charge in [-0.05, 0) is 36.8 Å². The number of hydrogen-bond acceptors (Lipinski definition) is 2. The van der Waals surface area contributed by atoms with Gasteiger partial charge in [-0.2, -0.15) is 0 Å². The van der Waals surface area contributed by atoms with E-state index < -0.39 is 0 Å². The van der Waals surface area contributed by atoms with Gasteiger partial charge in [-0.1, -0.05) is 37.1 Å². The lowest BCUT2D eigenvalue weighted by atomic mass is 9.80. The molecule has 2 nitrogen and oxygen atoms in total. The van der Waals surface area contributed by atoms with Gasteiger partial charge in [0.15, 0.2) is 0 Å². The van der Waals surface area contributed by atoms with E-state index in [4.69, 9.17) is 4.74 Å². The quantitative estimate of drug-likeness (QED) is 0.594. The van der Waals surface area contributed by atoms with Gasteiger partial charge in [0.1, 0.15) is 0 Å². The maximum absolute atomic E-state index is 11.8. The highest BCUT2D eigenvalue weighted by atomic mass is 16.5. The van der Waals surface area contributed by atoms with E-state index in [1.54, 1.807) is 12.1 Å². The van der Waals surface area contributed by atoms with Crippen LogP contribution >= 0.6 is 0 Å². The molecule has 0 bridgehead atoms. The summed E-state index contributed by atoms with van der Waals surface area (Å²) in [5, 5.41) is 0. The van der Waals surface area contributed by atoms with E-state index in [-0.39, 0.29) is 5.97 Å². The van der Waals surface area contributed by atoms with Gasteiger partial charge in [0.25, 0.3) is 0 Å². The van der Waals surface area contributed by atoms with E-state index in [0.29, 0.717) is 24.0 Å². The highest BCUT2D eigenvalue weighted by Crippen LogP contribution is 2.30. The van der Waals surface area contributed by atoms with Crippen LogP contribution in [0.3, 0.4) is 0 Å². The van der Waals surface area contributed by atoms with Crippen LogP contribution in [-0.4, -0.2) is 12.6 Å². The summed E-state index contributed by atoms with van der Waals surface area (Å²) in [6, 6.07) is 9.17. The normalized spacial score (nSPS) is 23.3. The van der Waals surface area contributed by atoms with Crippen LogP contribution < -0.4 is 0 Å². The number of carbonyl (C=O) groups excluding carboxylic acids is 1. The molecule has 0 aliphatic heterocycles. The molecule has 0 unspecified atom stereocenters. The first-order valence-electron chi connectivity index (χ1n) is 6.66. The number of esters is 1. The van der Waals surface area contributed by atoms with Crippen LogP contribution in [0, 0.1) is 11.8 Å². The van der Waals surface area contributed by atoms with Crippen molar-refractivity contribution in [1.82, 2.24) is 0 Å². The second-order valence-corrected chi connectivity index (χ2v) is 4.91. The van der Waals surface area contributed by atoms with Crippen LogP contribution in [0.4, 0.5) is 0 Å². The van der Waals surface area contributed by atoms with Crippen LogP contribution in [0.2, 0.25) is 0 Å². The van der Waals surface area contributed by atoms with E-state index in [1.807, 2.05) is 24.3 Å². The Kier molecular flexibility index (Phi) is 4.57. The van der Waals surface area contributed by atoms with Crippen molar-refractivity contribution in [3.05, 3.63) is 48.6 Å². The number of rotatable bonds is 4. The summed E-state index contributed by atoms with van der Waals surface area (Å²) < 4.78 is 5.41. The van der Waals surface area contributed by atoms with Gasteiger partial charge in [0.05, 0.1) is 12.2 Å². The van der Waals surface area contributed by atoms with Crippen molar-refractivity contribution in [3.8, 4) is 0 Å². The Hall–Kier alpha value is -1.57. The molecule has 0 saturated heterocycles. The molecule has 0 heterocycles. The zero-order valence-electron chi connectivity index (χ0n) is 10.7. The molecule has 0 amide bonds. The number of allylic oxidation sites excluding steroid dienone is 1. The van der Waals surface area contributed by atoms with Crippen LogP contribution in [0.5, 0.6) is 0 Å². The molecule has 1 aromatic rings. The molecule has 1 aliphatic carbocycles. The van der Waals surface area contributed by atoms with Gasteiger partial charge in [0, 0.05) is 0 Å². The Balaban J connectivity index is 1.87. The van der Waals surface area contributed by atoms with Crippen molar-refractivity contribution >= 4 is 5.97 Å². The van der Waals surface area contributed by atoms with Crippen LogP contribution in [0.1, 0.15) is 36.0 Å². The largest absolute Gasteiger partial charge is 0.462 e. The fourth-order valence-corrected chi connectivity index (χ4v) is 2.59. The van der Waals surface area contributed by atoms with E-state index >= 15 is 0 Å².